The highest BCUT2D eigenvalue weighted by molar-refractivity contribution is 6.04. The molecule has 0 spiro atoms. The van der Waals surface area contributed by atoms with Crippen LogP contribution in [0.15, 0.2) is 48.5 Å². The second kappa shape index (κ2) is 10.5. The van der Waals surface area contributed by atoms with Crippen LogP contribution in [0.1, 0.15) is 43.6 Å². The zero-order valence-corrected chi connectivity index (χ0v) is 13.6. The van der Waals surface area contributed by atoms with Gasteiger partial charge in [-0.1, -0.05) is 39.8 Å². The average molecular weight is 286 g/mol. The fraction of sp³-hybridized carbons (Fsp3) is 0.278. The van der Waals surface area contributed by atoms with Gasteiger partial charge in [0, 0.05) is 16.9 Å². The summed E-state index contributed by atoms with van der Waals surface area (Å²) < 4.78 is 0. The van der Waals surface area contributed by atoms with E-state index in [2.05, 4.69) is 5.32 Å². The highest BCUT2D eigenvalue weighted by atomic mass is 16.1. The number of rotatable bonds is 2. The first-order valence-corrected chi connectivity index (χ1v) is 7.39. The standard InChI is InChI=1S/C14H14N2O.2C2H6/c1-10-3-2-4-13(9-10)16-14(17)11-5-7-12(15)8-6-11;2*1-2/h2-9H,15H2,1H3,(H,16,17);2*1-2H3. The smallest absolute Gasteiger partial charge is 0.255 e. The van der Waals surface area contributed by atoms with E-state index in [0.717, 1.165) is 11.3 Å². The van der Waals surface area contributed by atoms with E-state index in [1.165, 1.54) is 0 Å². The molecule has 2 rings (SSSR count). The number of amides is 1. The summed E-state index contributed by atoms with van der Waals surface area (Å²) in [6, 6.07) is 14.5. The Morgan fingerprint density at radius 2 is 1.52 bits per heavy atom. The largest absolute Gasteiger partial charge is 0.399 e. The summed E-state index contributed by atoms with van der Waals surface area (Å²) in [5, 5.41) is 2.84. The zero-order valence-electron chi connectivity index (χ0n) is 13.6. The van der Waals surface area contributed by atoms with E-state index in [1.807, 2.05) is 58.9 Å². The Bertz CT molecular complexity index is 533. The molecule has 0 aliphatic rings. The van der Waals surface area contributed by atoms with Gasteiger partial charge in [0.15, 0.2) is 0 Å². The molecule has 1 amide bonds. The van der Waals surface area contributed by atoms with Crippen molar-refractivity contribution in [3.8, 4) is 0 Å². The van der Waals surface area contributed by atoms with Crippen molar-refractivity contribution in [1.29, 1.82) is 0 Å². The molecule has 0 aliphatic heterocycles. The molecule has 0 radical (unpaired) electrons. The first-order chi connectivity index (χ1) is 10.1. The Hall–Kier alpha value is -2.29. The molecule has 114 valence electrons. The number of aryl methyl sites for hydroxylation is 1. The third kappa shape index (κ3) is 6.61. The summed E-state index contributed by atoms with van der Waals surface area (Å²) in [6.07, 6.45) is 0. The van der Waals surface area contributed by atoms with Crippen LogP contribution in [-0.4, -0.2) is 5.91 Å². The van der Waals surface area contributed by atoms with Crippen molar-refractivity contribution in [3.63, 3.8) is 0 Å². The number of carbonyl (C=O) groups excluding carboxylic acids is 1. The number of nitrogen functional groups attached to an aromatic ring is 1. The Morgan fingerprint density at radius 3 is 2.05 bits per heavy atom. The van der Waals surface area contributed by atoms with Crippen LogP contribution < -0.4 is 11.1 Å². The molecule has 3 nitrogen and oxygen atoms in total. The molecule has 0 saturated carbocycles. The summed E-state index contributed by atoms with van der Waals surface area (Å²) >= 11 is 0. The Balaban J connectivity index is 0.000000921. The van der Waals surface area contributed by atoms with Gasteiger partial charge in [-0.2, -0.15) is 0 Å². The number of nitrogens with one attached hydrogen (secondary N) is 1. The number of benzene rings is 2. The van der Waals surface area contributed by atoms with Crippen LogP contribution in [0, 0.1) is 6.92 Å². The second-order valence-corrected chi connectivity index (χ2v) is 3.95. The van der Waals surface area contributed by atoms with Crippen LogP contribution in [0.4, 0.5) is 11.4 Å². The van der Waals surface area contributed by atoms with Crippen molar-refractivity contribution in [2.75, 3.05) is 11.1 Å². The SMILES string of the molecule is CC.CC.Cc1cccc(NC(=O)c2ccc(N)cc2)c1. The molecule has 0 unspecified atom stereocenters. The van der Waals surface area contributed by atoms with Crippen molar-refractivity contribution in [2.45, 2.75) is 34.6 Å². The number of hydrogen-bond donors (Lipinski definition) is 2. The molecule has 0 saturated heterocycles. The molecule has 0 fully saturated rings. The second-order valence-electron chi connectivity index (χ2n) is 3.95. The monoisotopic (exact) mass is 286 g/mol. The highest BCUT2D eigenvalue weighted by Gasteiger charge is 2.05. The van der Waals surface area contributed by atoms with Gasteiger partial charge >= 0.3 is 0 Å². The fourth-order valence-electron chi connectivity index (χ4n) is 1.56. The number of anilines is 2. The molecule has 0 aliphatic carbocycles. The molecule has 21 heavy (non-hydrogen) atoms. The minimum Gasteiger partial charge on any atom is -0.399 e. The Labute approximate surface area is 128 Å². The molecule has 3 heteroatoms. The van der Waals surface area contributed by atoms with Crippen molar-refractivity contribution < 1.29 is 4.79 Å². The van der Waals surface area contributed by atoms with Crippen molar-refractivity contribution in [1.82, 2.24) is 0 Å². The third-order valence-corrected chi connectivity index (χ3v) is 2.45. The maximum Gasteiger partial charge on any atom is 0.255 e. The van der Waals surface area contributed by atoms with Gasteiger partial charge in [0.1, 0.15) is 0 Å². The molecular formula is C18H26N2O. The first-order valence-electron chi connectivity index (χ1n) is 7.39. The highest BCUT2D eigenvalue weighted by Crippen LogP contribution is 2.12. The van der Waals surface area contributed by atoms with Crippen molar-refractivity contribution >= 4 is 17.3 Å². The lowest BCUT2D eigenvalue weighted by Gasteiger charge is -2.06. The van der Waals surface area contributed by atoms with Crippen LogP contribution in [0.5, 0.6) is 0 Å². The maximum atomic E-state index is 11.9. The van der Waals surface area contributed by atoms with E-state index in [9.17, 15) is 4.79 Å². The van der Waals surface area contributed by atoms with E-state index in [-0.39, 0.29) is 5.91 Å². The van der Waals surface area contributed by atoms with Gasteiger partial charge in [-0.15, -0.1) is 0 Å². The van der Waals surface area contributed by atoms with Gasteiger partial charge in [-0.05, 0) is 48.9 Å². The van der Waals surface area contributed by atoms with E-state index in [4.69, 9.17) is 5.73 Å². The molecule has 2 aromatic carbocycles. The Morgan fingerprint density at radius 1 is 0.952 bits per heavy atom. The lowest BCUT2D eigenvalue weighted by molar-refractivity contribution is 0.102. The van der Waals surface area contributed by atoms with E-state index >= 15 is 0 Å². The summed E-state index contributed by atoms with van der Waals surface area (Å²) in [5.74, 6) is -0.129. The lowest BCUT2D eigenvalue weighted by atomic mass is 10.2. The number of hydrogen-bond acceptors (Lipinski definition) is 2. The first kappa shape index (κ1) is 18.7. The topological polar surface area (TPSA) is 55.1 Å². The van der Waals surface area contributed by atoms with Gasteiger partial charge in [-0.25, -0.2) is 0 Å². The van der Waals surface area contributed by atoms with E-state index in [0.29, 0.717) is 11.3 Å². The van der Waals surface area contributed by atoms with Gasteiger partial charge in [0.2, 0.25) is 0 Å². The Kier molecular flexibility index (Phi) is 9.35. The van der Waals surface area contributed by atoms with Crippen molar-refractivity contribution in [2.24, 2.45) is 0 Å². The summed E-state index contributed by atoms with van der Waals surface area (Å²) in [4.78, 5) is 11.9. The number of carbonyl (C=O) groups is 1. The van der Waals surface area contributed by atoms with Crippen LogP contribution in [0.3, 0.4) is 0 Å². The summed E-state index contributed by atoms with van der Waals surface area (Å²) in [7, 11) is 0. The quantitative estimate of drug-likeness (QED) is 0.773. The molecule has 0 bridgehead atoms. The molecular weight excluding hydrogens is 260 g/mol. The van der Waals surface area contributed by atoms with Crippen molar-refractivity contribution in [3.05, 3.63) is 59.7 Å². The summed E-state index contributed by atoms with van der Waals surface area (Å²) in [5.41, 5.74) is 8.72. The van der Waals surface area contributed by atoms with Gasteiger partial charge in [0.05, 0.1) is 0 Å². The maximum absolute atomic E-state index is 11.9. The van der Waals surface area contributed by atoms with Gasteiger partial charge < -0.3 is 11.1 Å². The molecule has 0 heterocycles. The van der Waals surface area contributed by atoms with Crippen LogP contribution in [0.2, 0.25) is 0 Å². The molecule has 2 aromatic rings. The normalized spacial score (nSPS) is 8.62. The molecule has 0 atom stereocenters. The van der Waals surface area contributed by atoms with Crippen LogP contribution in [-0.2, 0) is 0 Å². The predicted octanol–water partition coefficient (Wildman–Crippen LogP) is 4.88. The van der Waals surface area contributed by atoms with Gasteiger partial charge in [0.25, 0.3) is 5.91 Å². The van der Waals surface area contributed by atoms with E-state index in [1.54, 1.807) is 24.3 Å². The predicted molar refractivity (Wildman–Crippen MR) is 92.7 cm³/mol. The molecule has 0 aromatic heterocycles. The number of nitrogens with two attached hydrogens (primary N) is 1. The van der Waals surface area contributed by atoms with Crippen LogP contribution in [0.25, 0.3) is 0 Å². The van der Waals surface area contributed by atoms with E-state index < -0.39 is 0 Å². The lowest BCUT2D eigenvalue weighted by Crippen LogP contribution is -2.11. The third-order valence-electron chi connectivity index (χ3n) is 2.45. The van der Waals surface area contributed by atoms with Crippen LogP contribution >= 0.6 is 0 Å². The minimum absolute atomic E-state index is 0.129. The zero-order chi connectivity index (χ0) is 16.3. The fourth-order valence-corrected chi connectivity index (χ4v) is 1.56. The molecule has 3 N–H and O–H groups in total. The minimum atomic E-state index is -0.129. The average Bonchev–Trinajstić information content (AvgIpc) is 2.52. The summed E-state index contributed by atoms with van der Waals surface area (Å²) in [6.45, 7) is 9.98. The van der Waals surface area contributed by atoms with Gasteiger partial charge in [-0.3, -0.25) is 4.79 Å².